The smallest absolute Gasteiger partial charge is 0.00953 e. The zero-order valence-electron chi connectivity index (χ0n) is 13.3. The third kappa shape index (κ3) is 5.07. The molecule has 0 amide bonds. The van der Waals surface area contributed by atoms with E-state index in [-0.39, 0.29) is 0 Å². The third-order valence-corrected chi connectivity index (χ3v) is 5.21. The SMILES string of the molecule is CC1CCC(C)C(NCC(C)CN2CCCCC2)C1. The summed E-state index contributed by atoms with van der Waals surface area (Å²) in [5.41, 5.74) is 0. The van der Waals surface area contributed by atoms with E-state index in [1.807, 2.05) is 0 Å². The molecule has 2 aliphatic rings. The molecule has 2 heteroatoms. The van der Waals surface area contributed by atoms with Gasteiger partial charge in [-0.25, -0.2) is 0 Å². The number of rotatable bonds is 5. The monoisotopic (exact) mass is 266 g/mol. The second kappa shape index (κ2) is 7.64. The lowest BCUT2D eigenvalue weighted by molar-refractivity contribution is 0.183. The maximum absolute atomic E-state index is 3.86. The number of nitrogens with zero attached hydrogens (tertiary/aromatic N) is 1. The van der Waals surface area contributed by atoms with Gasteiger partial charge in [-0.3, -0.25) is 0 Å². The van der Waals surface area contributed by atoms with E-state index in [0.717, 1.165) is 23.8 Å². The minimum absolute atomic E-state index is 0.771. The van der Waals surface area contributed by atoms with Gasteiger partial charge in [0, 0.05) is 12.6 Å². The summed E-state index contributed by atoms with van der Waals surface area (Å²) in [5, 5.41) is 3.86. The molecule has 1 aliphatic carbocycles. The molecule has 0 aromatic rings. The molecule has 1 saturated carbocycles. The molecule has 2 rings (SSSR count). The maximum Gasteiger partial charge on any atom is 0.00953 e. The van der Waals surface area contributed by atoms with Gasteiger partial charge in [-0.1, -0.05) is 33.6 Å². The van der Waals surface area contributed by atoms with Gasteiger partial charge in [0.15, 0.2) is 0 Å². The van der Waals surface area contributed by atoms with Gasteiger partial charge < -0.3 is 10.2 Å². The van der Waals surface area contributed by atoms with Crippen LogP contribution in [0.25, 0.3) is 0 Å². The van der Waals surface area contributed by atoms with Crippen LogP contribution in [0, 0.1) is 17.8 Å². The second-order valence-corrected chi connectivity index (χ2v) is 7.38. The Morgan fingerprint density at radius 2 is 1.84 bits per heavy atom. The zero-order chi connectivity index (χ0) is 13.7. The van der Waals surface area contributed by atoms with Gasteiger partial charge in [-0.05, 0) is 63.1 Å². The van der Waals surface area contributed by atoms with Crippen molar-refractivity contribution in [1.82, 2.24) is 10.2 Å². The first-order chi connectivity index (χ1) is 9.15. The van der Waals surface area contributed by atoms with Crippen LogP contribution in [-0.2, 0) is 0 Å². The minimum Gasteiger partial charge on any atom is -0.313 e. The van der Waals surface area contributed by atoms with Gasteiger partial charge in [0.1, 0.15) is 0 Å². The first-order valence-electron chi connectivity index (χ1n) is 8.61. The van der Waals surface area contributed by atoms with Crippen molar-refractivity contribution in [3.63, 3.8) is 0 Å². The first-order valence-corrected chi connectivity index (χ1v) is 8.61. The van der Waals surface area contributed by atoms with E-state index >= 15 is 0 Å². The third-order valence-electron chi connectivity index (χ3n) is 5.21. The molecule has 2 fully saturated rings. The molecule has 0 aromatic heterocycles. The van der Waals surface area contributed by atoms with E-state index in [1.165, 1.54) is 64.7 Å². The molecule has 1 N–H and O–H groups in total. The van der Waals surface area contributed by atoms with Crippen LogP contribution >= 0.6 is 0 Å². The lowest BCUT2D eigenvalue weighted by Crippen LogP contribution is -2.43. The average Bonchev–Trinajstić information content (AvgIpc) is 2.41. The van der Waals surface area contributed by atoms with Crippen molar-refractivity contribution in [2.24, 2.45) is 17.8 Å². The van der Waals surface area contributed by atoms with Crippen LogP contribution in [0.1, 0.15) is 59.3 Å². The van der Waals surface area contributed by atoms with Crippen molar-refractivity contribution in [2.75, 3.05) is 26.2 Å². The summed E-state index contributed by atoms with van der Waals surface area (Å²) >= 11 is 0. The van der Waals surface area contributed by atoms with Gasteiger partial charge >= 0.3 is 0 Å². The fraction of sp³-hybridized carbons (Fsp3) is 1.00. The van der Waals surface area contributed by atoms with Crippen LogP contribution in [0.3, 0.4) is 0 Å². The number of nitrogens with one attached hydrogen (secondary N) is 1. The average molecular weight is 266 g/mol. The highest BCUT2D eigenvalue weighted by atomic mass is 15.1. The van der Waals surface area contributed by atoms with Crippen molar-refractivity contribution in [3.8, 4) is 0 Å². The lowest BCUT2D eigenvalue weighted by atomic mass is 9.80. The first kappa shape index (κ1) is 15.3. The van der Waals surface area contributed by atoms with E-state index in [0.29, 0.717) is 0 Å². The van der Waals surface area contributed by atoms with Crippen molar-refractivity contribution in [2.45, 2.75) is 65.3 Å². The highest BCUT2D eigenvalue weighted by molar-refractivity contribution is 4.82. The zero-order valence-corrected chi connectivity index (χ0v) is 13.3. The van der Waals surface area contributed by atoms with Crippen LogP contribution in [-0.4, -0.2) is 37.1 Å². The second-order valence-electron chi connectivity index (χ2n) is 7.38. The molecule has 0 bridgehead atoms. The minimum atomic E-state index is 0.771. The molecule has 0 spiro atoms. The Morgan fingerprint density at radius 1 is 1.11 bits per heavy atom. The molecular formula is C17H34N2. The summed E-state index contributed by atoms with van der Waals surface area (Å²) in [6.45, 7) is 12.4. The summed E-state index contributed by atoms with van der Waals surface area (Å²) < 4.78 is 0. The van der Waals surface area contributed by atoms with Crippen molar-refractivity contribution in [3.05, 3.63) is 0 Å². The van der Waals surface area contributed by atoms with E-state index in [1.54, 1.807) is 0 Å². The number of hydrogen-bond donors (Lipinski definition) is 1. The maximum atomic E-state index is 3.86. The fourth-order valence-electron chi connectivity index (χ4n) is 3.82. The Morgan fingerprint density at radius 3 is 2.58 bits per heavy atom. The summed E-state index contributed by atoms with van der Waals surface area (Å²) in [5.74, 6) is 2.59. The van der Waals surface area contributed by atoms with Gasteiger partial charge in [-0.2, -0.15) is 0 Å². The molecule has 4 atom stereocenters. The normalized spacial score (nSPS) is 35.2. The molecule has 4 unspecified atom stereocenters. The number of hydrogen-bond acceptors (Lipinski definition) is 2. The van der Waals surface area contributed by atoms with Crippen molar-refractivity contribution < 1.29 is 0 Å². The summed E-state index contributed by atoms with van der Waals surface area (Å²) in [7, 11) is 0. The van der Waals surface area contributed by atoms with Crippen molar-refractivity contribution in [1.29, 1.82) is 0 Å². The lowest BCUT2D eigenvalue weighted by Gasteiger charge is -2.35. The van der Waals surface area contributed by atoms with Crippen LogP contribution < -0.4 is 5.32 Å². The van der Waals surface area contributed by atoms with E-state index in [4.69, 9.17) is 0 Å². The molecule has 2 nitrogen and oxygen atoms in total. The fourth-order valence-corrected chi connectivity index (χ4v) is 3.82. The summed E-state index contributed by atoms with van der Waals surface area (Å²) in [6, 6.07) is 0.771. The molecule has 1 aliphatic heterocycles. The number of piperidine rings is 1. The Kier molecular flexibility index (Phi) is 6.15. The predicted molar refractivity (Wildman–Crippen MR) is 83.4 cm³/mol. The topological polar surface area (TPSA) is 15.3 Å². The van der Waals surface area contributed by atoms with Gasteiger partial charge in [0.25, 0.3) is 0 Å². The van der Waals surface area contributed by atoms with Crippen LogP contribution in [0.2, 0.25) is 0 Å². The van der Waals surface area contributed by atoms with Crippen LogP contribution in [0.15, 0.2) is 0 Å². The highest BCUT2D eigenvalue weighted by Gasteiger charge is 2.25. The standard InChI is InChI=1S/C17H34N2/c1-14-7-8-16(3)17(11-14)18-12-15(2)13-19-9-5-4-6-10-19/h14-18H,4-13H2,1-3H3. The Bertz CT molecular complexity index is 248. The van der Waals surface area contributed by atoms with E-state index in [9.17, 15) is 0 Å². The van der Waals surface area contributed by atoms with Gasteiger partial charge in [0.2, 0.25) is 0 Å². The predicted octanol–water partition coefficient (Wildman–Crippen LogP) is 3.52. The van der Waals surface area contributed by atoms with Crippen LogP contribution in [0.5, 0.6) is 0 Å². The quantitative estimate of drug-likeness (QED) is 0.819. The Balaban J connectivity index is 1.65. The molecular weight excluding hydrogens is 232 g/mol. The Labute approximate surface area is 120 Å². The molecule has 0 radical (unpaired) electrons. The van der Waals surface area contributed by atoms with E-state index in [2.05, 4.69) is 31.0 Å². The van der Waals surface area contributed by atoms with Gasteiger partial charge in [-0.15, -0.1) is 0 Å². The highest BCUT2D eigenvalue weighted by Crippen LogP contribution is 2.28. The van der Waals surface area contributed by atoms with E-state index < -0.39 is 0 Å². The summed E-state index contributed by atoms with van der Waals surface area (Å²) in [6.07, 6.45) is 8.51. The molecule has 1 saturated heterocycles. The molecule has 0 aromatic carbocycles. The van der Waals surface area contributed by atoms with Crippen molar-refractivity contribution >= 4 is 0 Å². The number of likely N-dealkylation sites (tertiary alicyclic amines) is 1. The summed E-state index contributed by atoms with van der Waals surface area (Å²) in [4.78, 5) is 2.67. The Hall–Kier alpha value is -0.0800. The van der Waals surface area contributed by atoms with Crippen LogP contribution in [0.4, 0.5) is 0 Å². The van der Waals surface area contributed by atoms with Gasteiger partial charge in [0.05, 0.1) is 0 Å². The molecule has 112 valence electrons. The molecule has 19 heavy (non-hydrogen) atoms. The molecule has 1 heterocycles. The largest absolute Gasteiger partial charge is 0.313 e.